The van der Waals surface area contributed by atoms with Gasteiger partial charge in [0.05, 0.1) is 12.4 Å². The summed E-state index contributed by atoms with van der Waals surface area (Å²) in [6.45, 7) is 3.82. The fraction of sp³-hybridized carbons (Fsp3) is 0.519. The molecule has 2 aliphatic heterocycles. The first-order valence-electron chi connectivity index (χ1n) is 12.6. The number of likely N-dealkylation sites (tertiary alicyclic amines) is 1. The fourth-order valence-corrected chi connectivity index (χ4v) is 6.99. The lowest BCUT2D eigenvalue weighted by Gasteiger charge is -2.42. The molecule has 0 radical (unpaired) electrons. The molecule has 2 aliphatic rings. The summed E-state index contributed by atoms with van der Waals surface area (Å²) in [6.07, 6.45) is 4.36. The number of amides is 1. The van der Waals surface area contributed by atoms with Crippen LogP contribution in [0.1, 0.15) is 49.7 Å². The van der Waals surface area contributed by atoms with Gasteiger partial charge >= 0.3 is 0 Å². The highest BCUT2D eigenvalue weighted by atomic mass is 35.5. The molecule has 6 nitrogen and oxygen atoms in total. The van der Waals surface area contributed by atoms with E-state index in [4.69, 9.17) is 16.3 Å². The number of rotatable bonds is 8. The van der Waals surface area contributed by atoms with E-state index in [1.165, 1.54) is 4.31 Å². The van der Waals surface area contributed by atoms with Gasteiger partial charge in [0.1, 0.15) is 17.4 Å². The molecule has 1 atom stereocenters. The van der Waals surface area contributed by atoms with Crippen LogP contribution < -0.4 is 4.74 Å². The molecule has 0 aromatic heterocycles. The minimum atomic E-state index is -3.89. The molecule has 0 aliphatic carbocycles. The van der Waals surface area contributed by atoms with Crippen molar-refractivity contribution in [3.8, 4) is 5.75 Å². The summed E-state index contributed by atoms with van der Waals surface area (Å²) in [7, 11) is -3.89. The van der Waals surface area contributed by atoms with Crippen LogP contribution in [0.5, 0.6) is 5.75 Å². The second-order valence-corrected chi connectivity index (χ2v) is 12.7. The van der Waals surface area contributed by atoms with Crippen molar-refractivity contribution in [2.24, 2.45) is 5.41 Å². The van der Waals surface area contributed by atoms with Gasteiger partial charge in [-0.15, -0.1) is 0 Å². The largest absolute Gasteiger partial charge is 0.493 e. The SMILES string of the molecule is Cc1cc(OCC2(CC(=O)N3CCCCC3)CCCN(S(=O)(=O)Cc3cc(F)cc(F)c3)C2)ccc1Cl. The lowest BCUT2D eigenvalue weighted by atomic mass is 9.78. The summed E-state index contributed by atoms with van der Waals surface area (Å²) in [5.74, 6) is -1.56. The van der Waals surface area contributed by atoms with Crippen LogP contribution in [0.25, 0.3) is 0 Å². The van der Waals surface area contributed by atoms with E-state index in [-0.39, 0.29) is 37.6 Å². The zero-order chi connectivity index (χ0) is 26.6. The number of ether oxygens (including phenoxy) is 1. The lowest BCUT2D eigenvalue weighted by Crippen LogP contribution is -2.51. The summed E-state index contributed by atoms with van der Waals surface area (Å²) in [5, 5.41) is 0.617. The Balaban J connectivity index is 1.55. The predicted molar refractivity (Wildman–Crippen MR) is 139 cm³/mol. The lowest BCUT2D eigenvalue weighted by molar-refractivity contribution is -0.136. The number of hydrogen-bond acceptors (Lipinski definition) is 4. The van der Waals surface area contributed by atoms with E-state index in [2.05, 4.69) is 0 Å². The van der Waals surface area contributed by atoms with Crippen LogP contribution >= 0.6 is 11.6 Å². The van der Waals surface area contributed by atoms with Crippen molar-refractivity contribution >= 4 is 27.5 Å². The summed E-state index contributed by atoms with van der Waals surface area (Å²) >= 11 is 6.14. The Morgan fingerprint density at radius 1 is 1.03 bits per heavy atom. The molecule has 0 spiro atoms. The van der Waals surface area contributed by atoms with Crippen LogP contribution in [0, 0.1) is 24.0 Å². The van der Waals surface area contributed by atoms with Gasteiger partial charge in [0, 0.05) is 49.1 Å². The number of sulfonamides is 1. The van der Waals surface area contributed by atoms with Crippen molar-refractivity contribution in [3.63, 3.8) is 0 Å². The molecule has 1 amide bonds. The van der Waals surface area contributed by atoms with E-state index in [0.717, 1.165) is 37.0 Å². The minimum absolute atomic E-state index is 0.00189. The van der Waals surface area contributed by atoms with Crippen LogP contribution in [-0.2, 0) is 20.6 Å². The molecule has 4 rings (SSSR count). The van der Waals surface area contributed by atoms with Crippen LogP contribution in [0.4, 0.5) is 8.78 Å². The standard InChI is InChI=1S/C27H33ClF2N2O4S/c1-20-12-24(6-7-25(20)28)36-19-27(16-26(33)31-9-3-2-4-10-31)8-5-11-32(18-27)37(34,35)17-21-13-22(29)15-23(30)14-21/h6-7,12-15H,2-5,8-11,16-19H2,1H3. The average molecular weight is 555 g/mol. The van der Waals surface area contributed by atoms with Gasteiger partial charge in [-0.1, -0.05) is 11.6 Å². The first-order chi connectivity index (χ1) is 17.6. The van der Waals surface area contributed by atoms with Gasteiger partial charge in [0.25, 0.3) is 0 Å². The third kappa shape index (κ3) is 7.21. The molecule has 2 saturated heterocycles. The van der Waals surface area contributed by atoms with E-state index in [1.54, 1.807) is 12.1 Å². The number of benzene rings is 2. The smallest absolute Gasteiger partial charge is 0.223 e. The summed E-state index contributed by atoms with van der Waals surface area (Å²) in [5.41, 5.74) is 0.166. The normalized spacial score (nSPS) is 21.1. The quantitative estimate of drug-likeness (QED) is 0.443. The number of nitrogens with zero attached hydrogens (tertiary/aromatic N) is 2. The number of aryl methyl sites for hydroxylation is 1. The molecular weight excluding hydrogens is 522 g/mol. The molecule has 0 N–H and O–H groups in total. The first-order valence-corrected chi connectivity index (χ1v) is 14.6. The Morgan fingerprint density at radius 3 is 2.41 bits per heavy atom. The van der Waals surface area contributed by atoms with Crippen molar-refractivity contribution in [2.45, 2.75) is 51.2 Å². The minimum Gasteiger partial charge on any atom is -0.493 e. The van der Waals surface area contributed by atoms with E-state index >= 15 is 0 Å². The molecule has 0 saturated carbocycles. The third-order valence-electron chi connectivity index (χ3n) is 7.20. The van der Waals surface area contributed by atoms with Crippen LogP contribution in [0.2, 0.25) is 5.02 Å². The van der Waals surface area contributed by atoms with Crippen molar-refractivity contribution in [1.29, 1.82) is 0 Å². The molecular formula is C27H33ClF2N2O4S. The molecule has 37 heavy (non-hydrogen) atoms. The van der Waals surface area contributed by atoms with Gasteiger partial charge in [0.2, 0.25) is 15.9 Å². The van der Waals surface area contributed by atoms with E-state index in [9.17, 15) is 22.0 Å². The highest BCUT2D eigenvalue weighted by Gasteiger charge is 2.43. The molecule has 2 heterocycles. The topological polar surface area (TPSA) is 66.9 Å². The van der Waals surface area contributed by atoms with Crippen molar-refractivity contribution in [3.05, 3.63) is 64.2 Å². The van der Waals surface area contributed by atoms with Gasteiger partial charge < -0.3 is 9.64 Å². The maximum absolute atomic E-state index is 13.7. The summed E-state index contributed by atoms with van der Waals surface area (Å²) in [6, 6.07) is 8.09. The highest BCUT2D eigenvalue weighted by Crippen LogP contribution is 2.37. The number of carbonyl (C=O) groups is 1. The number of carbonyl (C=O) groups excluding carboxylic acids is 1. The molecule has 2 fully saturated rings. The van der Waals surface area contributed by atoms with Gasteiger partial charge in [-0.3, -0.25) is 4.79 Å². The number of piperidine rings is 2. The van der Waals surface area contributed by atoms with E-state index < -0.39 is 32.8 Å². The van der Waals surface area contributed by atoms with Crippen LogP contribution in [0.15, 0.2) is 36.4 Å². The van der Waals surface area contributed by atoms with Gasteiger partial charge in [-0.25, -0.2) is 21.5 Å². The Bertz CT molecular complexity index is 1220. The second-order valence-electron chi connectivity index (χ2n) is 10.3. The van der Waals surface area contributed by atoms with Crippen molar-refractivity contribution in [2.75, 3.05) is 32.8 Å². The molecule has 202 valence electrons. The fourth-order valence-electron chi connectivity index (χ4n) is 5.23. The molecule has 1 unspecified atom stereocenters. The van der Waals surface area contributed by atoms with Crippen molar-refractivity contribution < 1.29 is 26.7 Å². The van der Waals surface area contributed by atoms with Crippen molar-refractivity contribution in [1.82, 2.24) is 9.21 Å². The van der Waals surface area contributed by atoms with E-state index in [1.807, 2.05) is 17.9 Å². The molecule has 2 aromatic carbocycles. The monoisotopic (exact) mass is 554 g/mol. The maximum atomic E-state index is 13.7. The Morgan fingerprint density at radius 2 is 1.73 bits per heavy atom. The third-order valence-corrected chi connectivity index (χ3v) is 9.42. The molecule has 0 bridgehead atoms. The predicted octanol–water partition coefficient (Wildman–Crippen LogP) is 5.32. The Kier molecular flexibility index (Phi) is 8.76. The maximum Gasteiger partial charge on any atom is 0.223 e. The number of halogens is 3. The highest BCUT2D eigenvalue weighted by molar-refractivity contribution is 7.88. The van der Waals surface area contributed by atoms with Crippen LogP contribution in [-0.4, -0.2) is 56.3 Å². The summed E-state index contributed by atoms with van der Waals surface area (Å²) < 4.78 is 61.5. The van der Waals surface area contributed by atoms with Gasteiger partial charge in [-0.05, 0) is 80.5 Å². The first kappa shape index (κ1) is 27.8. The van der Waals surface area contributed by atoms with Gasteiger partial charge in [0.15, 0.2) is 0 Å². The van der Waals surface area contributed by atoms with Crippen LogP contribution in [0.3, 0.4) is 0 Å². The average Bonchev–Trinajstić information content (AvgIpc) is 2.84. The Labute approximate surface area is 222 Å². The van der Waals surface area contributed by atoms with Gasteiger partial charge in [-0.2, -0.15) is 0 Å². The number of hydrogen-bond donors (Lipinski definition) is 0. The zero-order valence-corrected chi connectivity index (χ0v) is 22.6. The molecule has 10 heteroatoms. The Hall–Kier alpha value is -2.23. The summed E-state index contributed by atoms with van der Waals surface area (Å²) in [4.78, 5) is 15.2. The zero-order valence-electron chi connectivity index (χ0n) is 21.0. The second kappa shape index (κ2) is 11.7. The van der Waals surface area contributed by atoms with E-state index in [0.29, 0.717) is 42.8 Å². The molecule has 2 aromatic rings.